The van der Waals surface area contributed by atoms with Crippen molar-refractivity contribution in [1.82, 2.24) is 5.32 Å². The summed E-state index contributed by atoms with van der Waals surface area (Å²) in [6.07, 6.45) is 0. The number of amides is 2. The third kappa shape index (κ3) is 4.52. The monoisotopic (exact) mass is 251 g/mol. The zero-order chi connectivity index (χ0) is 13.4. The van der Waals surface area contributed by atoms with Gasteiger partial charge in [0.2, 0.25) is 11.8 Å². The van der Waals surface area contributed by atoms with Crippen LogP contribution in [0.25, 0.3) is 0 Å². The fraction of sp³-hybridized carbons (Fsp3) is 0.333. The standard InChI is InChI=1S/C12H17N3O3/c1-18-8-9-4-2-3-5-10(9)15-12(17)7-14-11(16)6-13/h2-5H,6-8,13H2,1H3,(H,14,16)(H,15,17). The Bertz CT molecular complexity index is 421. The first-order chi connectivity index (χ1) is 8.67. The summed E-state index contributed by atoms with van der Waals surface area (Å²) in [5, 5.41) is 5.10. The Morgan fingerprint density at radius 2 is 2.00 bits per heavy atom. The quantitative estimate of drug-likeness (QED) is 0.655. The van der Waals surface area contributed by atoms with E-state index in [4.69, 9.17) is 10.5 Å². The van der Waals surface area contributed by atoms with E-state index in [0.717, 1.165) is 5.56 Å². The minimum atomic E-state index is -0.365. The molecule has 0 aliphatic rings. The van der Waals surface area contributed by atoms with Crippen molar-refractivity contribution >= 4 is 17.5 Å². The Morgan fingerprint density at radius 1 is 1.28 bits per heavy atom. The van der Waals surface area contributed by atoms with Crippen LogP contribution in [0.4, 0.5) is 5.69 Å². The number of hydrogen-bond acceptors (Lipinski definition) is 4. The third-order valence-electron chi connectivity index (χ3n) is 2.22. The van der Waals surface area contributed by atoms with Crippen molar-refractivity contribution in [3.05, 3.63) is 29.8 Å². The first kappa shape index (κ1) is 14.1. The van der Waals surface area contributed by atoms with E-state index in [1.807, 2.05) is 18.2 Å². The molecule has 0 saturated heterocycles. The van der Waals surface area contributed by atoms with Crippen LogP contribution in [-0.2, 0) is 20.9 Å². The van der Waals surface area contributed by atoms with Gasteiger partial charge in [-0.05, 0) is 6.07 Å². The van der Waals surface area contributed by atoms with E-state index in [2.05, 4.69) is 10.6 Å². The molecule has 1 aromatic carbocycles. The lowest BCUT2D eigenvalue weighted by Crippen LogP contribution is -2.36. The summed E-state index contributed by atoms with van der Waals surface area (Å²) in [5.41, 5.74) is 6.66. The van der Waals surface area contributed by atoms with Crippen LogP contribution in [0.1, 0.15) is 5.56 Å². The second kappa shape index (κ2) is 7.41. The third-order valence-corrected chi connectivity index (χ3v) is 2.22. The van der Waals surface area contributed by atoms with Gasteiger partial charge in [-0.15, -0.1) is 0 Å². The summed E-state index contributed by atoms with van der Waals surface area (Å²) in [4.78, 5) is 22.5. The molecule has 1 rings (SSSR count). The Hall–Kier alpha value is -1.92. The molecule has 0 aliphatic carbocycles. The number of nitrogens with two attached hydrogens (primary N) is 1. The lowest BCUT2D eigenvalue weighted by atomic mass is 10.2. The molecule has 0 aromatic heterocycles. The molecular weight excluding hydrogens is 234 g/mol. The molecular formula is C12H17N3O3. The Labute approximate surface area is 105 Å². The molecule has 0 bridgehead atoms. The van der Waals surface area contributed by atoms with Gasteiger partial charge in [0.25, 0.3) is 0 Å². The summed E-state index contributed by atoms with van der Waals surface area (Å²) in [6.45, 7) is 0.177. The Morgan fingerprint density at radius 3 is 2.67 bits per heavy atom. The maximum absolute atomic E-state index is 11.6. The highest BCUT2D eigenvalue weighted by Crippen LogP contribution is 2.15. The van der Waals surface area contributed by atoms with Crippen LogP contribution in [0.15, 0.2) is 24.3 Å². The summed E-state index contributed by atoms with van der Waals surface area (Å²) >= 11 is 0. The van der Waals surface area contributed by atoms with Gasteiger partial charge < -0.3 is 21.1 Å². The molecule has 4 N–H and O–H groups in total. The molecule has 18 heavy (non-hydrogen) atoms. The molecule has 0 radical (unpaired) electrons. The van der Waals surface area contributed by atoms with Gasteiger partial charge in [-0.1, -0.05) is 18.2 Å². The van der Waals surface area contributed by atoms with Gasteiger partial charge in [-0.3, -0.25) is 9.59 Å². The normalized spacial score (nSPS) is 9.89. The first-order valence-corrected chi connectivity index (χ1v) is 5.50. The molecule has 0 unspecified atom stereocenters. The van der Waals surface area contributed by atoms with Gasteiger partial charge in [0.1, 0.15) is 0 Å². The molecule has 98 valence electrons. The SMILES string of the molecule is COCc1ccccc1NC(=O)CNC(=O)CN. The van der Waals surface area contributed by atoms with Gasteiger partial charge in [-0.25, -0.2) is 0 Å². The molecule has 6 heteroatoms. The lowest BCUT2D eigenvalue weighted by Gasteiger charge is -2.10. The van der Waals surface area contributed by atoms with E-state index in [1.165, 1.54) is 0 Å². The first-order valence-electron chi connectivity index (χ1n) is 5.50. The van der Waals surface area contributed by atoms with Crippen LogP contribution in [0.3, 0.4) is 0 Å². The highest BCUT2D eigenvalue weighted by molar-refractivity contribution is 5.95. The number of benzene rings is 1. The molecule has 0 saturated carbocycles. The van der Waals surface area contributed by atoms with Gasteiger partial charge in [0, 0.05) is 18.4 Å². The van der Waals surface area contributed by atoms with Crippen molar-refractivity contribution < 1.29 is 14.3 Å². The summed E-state index contributed by atoms with van der Waals surface area (Å²) in [5.74, 6) is -0.671. The van der Waals surface area contributed by atoms with E-state index in [-0.39, 0.29) is 24.9 Å². The van der Waals surface area contributed by atoms with Gasteiger partial charge in [0.15, 0.2) is 0 Å². The average molecular weight is 251 g/mol. The van der Waals surface area contributed by atoms with Crippen LogP contribution < -0.4 is 16.4 Å². The Balaban J connectivity index is 2.56. The van der Waals surface area contributed by atoms with Crippen LogP contribution in [0.5, 0.6) is 0 Å². The predicted molar refractivity (Wildman–Crippen MR) is 67.8 cm³/mol. The molecule has 0 aliphatic heterocycles. The number of rotatable bonds is 6. The zero-order valence-electron chi connectivity index (χ0n) is 10.2. The minimum Gasteiger partial charge on any atom is -0.380 e. The highest BCUT2D eigenvalue weighted by atomic mass is 16.5. The molecule has 0 fully saturated rings. The van der Waals surface area contributed by atoms with E-state index in [1.54, 1.807) is 13.2 Å². The topological polar surface area (TPSA) is 93.5 Å². The van der Waals surface area contributed by atoms with Crippen LogP contribution in [0, 0.1) is 0 Å². The molecule has 6 nitrogen and oxygen atoms in total. The zero-order valence-corrected chi connectivity index (χ0v) is 10.2. The maximum atomic E-state index is 11.6. The minimum absolute atomic E-state index is 0.0999. The van der Waals surface area contributed by atoms with E-state index >= 15 is 0 Å². The molecule has 0 heterocycles. The predicted octanol–water partition coefficient (Wildman–Crippen LogP) is -0.154. The maximum Gasteiger partial charge on any atom is 0.243 e. The van der Waals surface area contributed by atoms with Crippen molar-refractivity contribution in [2.75, 3.05) is 25.5 Å². The smallest absolute Gasteiger partial charge is 0.243 e. The summed E-state index contributed by atoms with van der Waals surface area (Å²) in [7, 11) is 1.58. The number of methoxy groups -OCH3 is 1. The number of ether oxygens (including phenoxy) is 1. The summed E-state index contributed by atoms with van der Waals surface area (Å²) < 4.78 is 5.03. The van der Waals surface area contributed by atoms with Crippen molar-refractivity contribution in [2.45, 2.75) is 6.61 Å². The van der Waals surface area contributed by atoms with Crippen LogP contribution >= 0.6 is 0 Å². The van der Waals surface area contributed by atoms with Gasteiger partial charge in [-0.2, -0.15) is 0 Å². The number of nitrogens with one attached hydrogen (secondary N) is 2. The van der Waals surface area contributed by atoms with Crippen molar-refractivity contribution in [2.24, 2.45) is 5.73 Å². The van der Waals surface area contributed by atoms with Crippen LogP contribution in [0.2, 0.25) is 0 Å². The number of para-hydroxylation sites is 1. The number of carbonyl (C=O) groups excluding carboxylic acids is 2. The second-order valence-corrected chi connectivity index (χ2v) is 3.62. The van der Waals surface area contributed by atoms with E-state index < -0.39 is 0 Å². The molecule has 1 aromatic rings. The summed E-state index contributed by atoms with van der Waals surface area (Å²) in [6, 6.07) is 7.31. The number of hydrogen-bond donors (Lipinski definition) is 3. The lowest BCUT2D eigenvalue weighted by molar-refractivity contribution is -0.123. The second-order valence-electron chi connectivity index (χ2n) is 3.62. The average Bonchev–Trinajstić information content (AvgIpc) is 2.38. The largest absolute Gasteiger partial charge is 0.380 e. The van der Waals surface area contributed by atoms with Crippen molar-refractivity contribution in [1.29, 1.82) is 0 Å². The van der Waals surface area contributed by atoms with Gasteiger partial charge >= 0.3 is 0 Å². The van der Waals surface area contributed by atoms with Crippen molar-refractivity contribution in [3.63, 3.8) is 0 Å². The highest BCUT2D eigenvalue weighted by Gasteiger charge is 2.07. The van der Waals surface area contributed by atoms with E-state index in [0.29, 0.717) is 12.3 Å². The van der Waals surface area contributed by atoms with Crippen LogP contribution in [-0.4, -0.2) is 32.0 Å². The van der Waals surface area contributed by atoms with E-state index in [9.17, 15) is 9.59 Å². The van der Waals surface area contributed by atoms with Crippen molar-refractivity contribution in [3.8, 4) is 0 Å². The fourth-order valence-electron chi connectivity index (χ4n) is 1.37. The Kier molecular flexibility index (Phi) is 5.83. The number of anilines is 1. The molecule has 0 spiro atoms. The number of carbonyl (C=O) groups is 2. The fourth-order valence-corrected chi connectivity index (χ4v) is 1.37. The molecule has 0 atom stereocenters. The molecule has 2 amide bonds. The van der Waals surface area contributed by atoms with Gasteiger partial charge in [0.05, 0.1) is 19.7 Å².